The third-order valence-electron chi connectivity index (χ3n) is 3.45. The highest BCUT2D eigenvalue weighted by Crippen LogP contribution is 2.67. The van der Waals surface area contributed by atoms with Crippen molar-refractivity contribution < 1.29 is 4.74 Å². The Kier molecular flexibility index (Phi) is 1.42. The first-order valence-electron chi connectivity index (χ1n) is 4.53. The first-order valence-corrected chi connectivity index (χ1v) is 4.53. The Bertz CT molecular complexity index is 260. The van der Waals surface area contributed by atoms with Gasteiger partial charge in [-0.05, 0) is 35.8 Å². The molecule has 2 aliphatic rings. The Morgan fingerprint density at radius 3 is 2.42 bits per heavy atom. The monoisotopic (exact) mass is 164 g/mol. The van der Waals surface area contributed by atoms with E-state index in [9.17, 15) is 0 Å². The molecule has 66 valence electrons. The van der Waals surface area contributed by atoms with Crippen molar-refractivity contribution in [2.24, 2.45) is 10.8 Å². The van der Waals surface area contributed by atoms with Crippen LogP contribution in [-0.2, 0) is 4.74 Å². The van der Waals surface area contributed by atoms with Gasteiger partial charge >= 0.3 is 0 Å². The second-order valence-electron chi connectivity index (χ2n) is 4.56. The van der Waals surface area contributed by atoms with Crippen molar-refractivity contribution >= 4 is 0 Å². The van der Waals surface area contributed by atoms with Crippen LogP contribution in [0.3, 0.4) is 0 Å². The van der Waals surface area contributed by atoms with Crippen LogP contribution in [0.15, 0.2) is 24.0 Å². The maximum absolute atomic E-state index is 5.15. The van der Waals surface area contributed by atoms with Gasteiger partial charge in [-0.1, -0.05) is 19.9 Å². The molecule has 0 N–H and O–H groups in total. The summed E-state index contributed by atoms with van der Waals surface area (Å²) in [7, 11) is 1.73. The SMILES string of the molecule is COC1=CC[C@]2(C=C1)CC2(C)C. The van der Waals surface area contributed by atoms with Crippen molar-refractivity contribution in [3.63, 3.8) is 0 Å². The van der Waals surface area contributed by atoms with E-state index in [4.69, 9.17) is 4.74 Å². The lowest BCUT2D eigenvalue weighted by Gasteiger charge is -2.18. The third-order valence-corrected chi connectivity index (χ3v) is 3.45. The molecule has 0 saturated heterocycles. The highest BCUT2D eigenvalue weighted by Gasteiger charge is 2.58. The molecule has 12 heavy (non-hydrogen) atoms. The van der Waals surface area contributed by atoms with Gasteiger partial charge in [-0.25, -0.2) is 0 Å². The van der Waals surface area contributed by atoms with Gasteiger partial charge in [0.1, 0.15) is 5.76 Å². The van der Waals surface area contributed by atoms with Crippen LogP contribution in [0.4, 0.5) is 0 Å². The fourth-order valence-electron chi connectivity index (χ4n) is 2.19. The van der Waals surface area contributed by atoms with E-state index in [1.54, 1.807) is 7.11 Å². The largest absolute Gasteiger partial charge is 0.497 e. The average Bonchev–Trinajstić information content (AvgIpc) is 2.55. The summed E-state index contributed by atoms with van der Waals surface area (Å²) in [6, 6.07) is 0. The molecule has 0 heterocycles. The smallest absolute Gasteiger partial charge is 0.114 e. The summed E-state index contributed by atoms with van der Waals surface area (Å²) < 4.78 is 5.15. The van der Waals surface area contributed by atoms with Crippen LogP contribution >= 0.6 is 0 Å². The van der Waals surface area contributed by atoms with Gasteiger partial charge in [-0.3, -0.25) is 0 Å². The van der Waals surface area contributed by atoms with Gasteiger partial charge in [0.25, 0.3) is 0 Å². The zero-order valence-corrected chi connectivity index (χ0v) is 8.05. The summed E-state index contributed by atoms with van der Waals surface area (Å²) in [5, 5.41) is 0. The van der Waals surface area contributed by atoms with E-state index in [-0.39, 0.29) is 0 Å². The molecule has 0 bridgehead atoms. The van der Waals surface area contributed by atoms with Gasteiger partial charge < -0.3 is 4.74 Å². The second kappa shape index (κ2) is 2.15. The molecule has 1 nitrogen and oxygen atoms in total. The number of hydrogen-bond donors (Lipinski definition) is 0. The highest BCUT2D eigenvalue weighted by molar-refractivity contribution is 5.31. The van der Waals surface area contributed by atoms with E-state index in [0.29, 0.717) is 10.8 Å². The summed E-state index contributed by atoms with van der Waals surface area (Å²) >= 11 is 0. The minimum Gasteiger partial charge on any atom is -0.497 e. The van der Waals surface area contributed by atoms with Crippen LogP contribution < -0.4 is 0 Å². The number of ether oxygens (including phenoxy) is 1. The second-order valence-corrected chi connectivity index (χ2v) is 4.56. The van der Waals surface area contributed by atoms with Crippen LogP contribution in [0.2, 0.25) is 0 Å². The normalized spacial score (nSPS) is 36.4. The van der Waals surface area contributed by atoms with Gasteiger partial charge in [0.15, 0.2) is 0 Å². The predicted molar refractivity (Wildman–Crippen MR) is 49.7 cm³/mol. The van der Waals surface area contributed by atoms with Gasteiger partial charge in [-0.15, -0.1) is 0 Å². The molecule has 1 heteroatoms. The Morgan fingerprint density at radius 2 is 2.08 bits per heavy atom. The van der Waals surface area contributed by atoms with Crippen molar-refractivity contribution in [1.82, 2.24) is 0 Å². The Labute approximate surface area is 74.1 Å². The summed E-state index contributed by atoms with van der Waals surface area (Å²) in [6.07, 6.45) is 9.11. The zero-order valence-electron chi connectivity index (χ0n) is 8.05. The molecule has 2 aliphatic carbocycles. The molecule has 1 saturated carbocycles. The van der Waals surface area contributed by atoms with E-state index >= 15 is 0 Å². The Hall–Kier alpha value is -0.720. The summed E-state index contributed by atoms with van der Waals surface area (Å²) in [5.74, 6) is 1.02. The van der Waals surface area contributed by atoms with Crippen LogP contribution in [0.5, 0.6) is 0 Å². The fraction of sp³-hybridized carbons (Fsp3) is 0.636. The molecule has 0 aromatic rings. The van der Waals surface area contributed by atoms with Gasteiger partial charge in [-0.2, -0.15) is 0 Å². The maximum atomic E-state index is 5.15. The zero-order chi connectivity index (χ0) is 8.82. The van der Waals surface area contributed by atoms with Gasteiger partial charge in [0, 0.05) is 0 Å². The molecule has 1 fully saturated rings. The van der Waals surface area contributed by atoms with E-state index in [2.05, 4.69) is 32.1 Å². The topological polar surface area (TPSA) is 9.23 Å². The van der Waals surface area contributed by atoms with Crippen LogP contribution in [0, 0.1) is 10.8 Å². The van der Waals surface area contributed by atoms with E-state index in [0.717, 1.165) is 12.2 Å². The predicted octanol–water partition coefficient (Wildman–Crippen LogP) is 2.89. The third kappa shape index (κ3) is 0.921. The molecule has 1 atom stereocenters. The molecular formula is C11H16O. The molecule has 0 amide bonds. The van der Waals surface area contributed by atoms with Crippen molar-refractivity contribution in [3.05, 3.63) is 24.0 Å². The summed E-state index contributed by atoms with van der Waals surface area (Å²) in [6.45, 7) is 4.67. The summed E-state index contributed by atoms with van der Waals surface area (Å²) in [5.41, 5.74) is 0.980. The van der Waals surface area contributed by atoms with Crippen LogP contribution in [-0.4, -0.2) is 7.11 Å². The quantitative estimate of drug-likeness (QED) is 0.579. The maximum Gasteiger partial charge on any atom is 0.114 e. The number of methoxy groups -OCH3 is 1. The molecule has 0 radical (unpaired) electrons. The minimum absolute atomic E-state index is 0.467. The first kappa shape index (κ1) is 7.90. The lowest BCUT2D eigenvalue weighted by atomic mass is 9.89. The Morgan fingerprint density at radius 1 is 1.42 bits per heavy atom. The van der Waals surface area contributed by atoms with Crippen molar-refractivity contribution in [1.29, 1.82) is 0 Å². The highest BCUT2D eigenvalue weighted by atomic mass is 16.5. The molecule has 0 aromatic carbocycles. The van der Waals surface area contributed by atoms with Gasteiger partial charge in [0.05, 0.1) is 7.11 Å². The van der Waals surface area contributed by atoms with Gasteiger partial charge in [0.2, 0.25) is 0 Å². The first-order chi connectivity index (χ1) is 5.60. The number of rotatable bonds is 1. The van der Waals surface area contributed by atoms with E-state index in [1.165, 1.54) is 6.42 Å². The Balaban J connectivity index is 2.12. The number of hydrogen-bond acceptors (Lipinski definition) is 1. The molecule has 0 aromatic heterocycles. The average molecular weight is 164 g/mol. The van der Waals surface area contributed by atoms with Crippen LogP contribution in [0.25, 0.3) is 0 Å². The van der Waals surface area contributed by atoms with E-state index < -0.39 is 0 Å². The molecule has 0 aliphatic heterocycles. The lowest BCUT2D eigenvalue weighted by molar-refractivity contribution is 0.298. The summed E-state index contributed by atoms with van der Waals surface area (Å²) in [4.78, 5) is 0. The molecule has 1 spiro atoms. The van der Waals surface area contributed by atoms with Crippen molar-refractivity contribution in [3.8, 4) is 0 Å². The fourth-order valence-corrected chi connectivity index (χ4v) is 2.19. The standard InChI is InChI=1S/C11H16O/c1-10(2)8-11(10)6-4-9(12-3)5-7-11/h4-6H,7-8H2,1-3H3/t11-/m1/s1. The number of allylic oxidation sites excluding steroid dienone is 3. The lowest BCUT2D eigenvalue weighted by Crippen LogP contribution is -2.07. The van der Waals surface area contributed by atoms with E-state index in [1.807, 2.05) is 0 Å². The van der Waals surface area contributed by atoms with Crippen molar-refractivity contribution in [2.75, 3.05) is 7.11 Å². The van der Waals surface area contributed by atoms with Crippen molar-refractivity contribution in [2.45, 2.75) is 26.7 Å². The molecule has 0 unspecified atom stereocenters. The molecule has 2 rings (SSSR count). The van der Waals surface area contributed by atoms with Crippen LogP contribution in [0.1, 0.15) is 26.7 Å². The minimum atomic E-state index is 0.467. The molecular weight excluding hydrogens is 148 g/mol.